The predicted molar refractivity (Wildman–Crippen MR) is 47.9 cm³/mol. The second-order valence-electron chi connectivity index (χ2n) is 2.09. The number of hydrogen-bond acceptors (Lipinski definition) is 5. The molecular formula is C6H7N5S. The van der Waals surface area contributed by atoms with E-state index in [0.29, 0.717) is 22.9 Å². The largest absolute Gasteiger partial charge is 0.368 e. The van der Waals surface area contributed by atoms with Gasteiger partial charge in [-0.1, -0.05) is 0 Å². The van der Waals surface area contributed by atoms with Crippen LogP contribution in [0.3, 0.4) is 0 Å². The van der Waals surface area contributed by atoms with E-state index in [9.17, 15) is 0 Å². The number of aromatic amines is 1. The van der Waals surface area contributed by atoms with Crippen molar-refractivity contribution < 1.29 is 4.11 Å². The molecule has 2 rings (SSSR count). The number of nitrogens with zero attached hydrogens (tertiary/aromatic N) is 3. The topological polar surface area (TPSA) is 80.5 Å². The summed E-state index contributed by atoms with van der Waals surface area (Å²) < 4.78 is 21.4. The molecule has 0 saturated carbocycles. The molecule has 2 heterocycles. The molecule has 6 heteroatoms. The molecule has 3 N–H and O–H groups in total. The quantitative estimate of drug-likeness (QED) is 0.387. The number of aromatic nitrogens is 4. The lowest BCUT2D eigenvalue weighted by Gasteiger charge is -1.97. The maximum Gasteiger partial charge on any atom is 0.223 e. The maximum absolute atomic E-state index is 7.13. The highest BCUT2D eigenvalue weighted by Gasteiger charge is 2.05. The lowest BCUT2D eigenvalue weighted by molar-refractivity contribution is 1.11. The fourth-order valence-electron chi connectivity index (χ4n) is 0.897. The first-order valence-corrected chi connectivity index (χ1v) is 3.93. The van der Waals surface area contributed by atoms with Gasteiger partial charge in [0.1, 0.15) is 10.5 Å². The number of rotatable bonds is 1. The highest BCUT2D eigenvalue weighted by atomic mass is 32.2. The monoisotopic (exact) mass is 185 g/mol. The first-order valence-electron chi connectivity index (χ1n) is 4.61. The van der Waals surface area contributed by atoms with Crippen molar-refractivity contribution >= 4 is 28.9 Å². The van der Waals surface area contributed by atoms with Crippen molar-refractivity contribution in [3.05, 3.63) is 6.33 Å². The van der Waals surface area contributed by atoms with Crippen LogP contribution in [0.5, 0.6) is 0 Å². The summed E-state index contributed by atoms with van der Waals surface area (Å²) in [5, 5.41) is 0.287. The van der Waals surface area contributed by atoms with E-state index in [1.807, 2.05) is 0 Å². The van der Waals surface area contributed by atoms with Crippen LogP contribution in [0.25, 0.3) is 11.2 Å². The zero-order chi connectivity index (χ0) is 11.1. The number of thioether (sulfide) groups is 1. The molecule has 0 radical (unpaired) electrons. The standard InChI is InChI=1S/C6H7N5S/c1-12-5-3-4(9-2-8-3)10-6(7)11-5/h2H,1H3,(H3,7,8,9,10,11)/i1+1D3. The van der Waals surface area contributed by atoms with Crippen molar-refractivity contribution in [2.75, 3.05) is 11.9 Å². The Morgan fingerprint density at radius 2 is 2.58 bits per heavy atom. The minimum Gasteiger partial charge on any atom is -0.368 e. The van der Waals surface area contributed by atoms with Gasteiger partial charge in [-0.25, -0.2) is 9.97 Å². The van der Waals surface area contributed by atoms with Gasteiger partial charge in [0.05, 0.1) is 6.33 Å². The van der Waals surface area contributed by atoms with E-state index in [1.165, 1.54) is 6.33 Å². The van der Waals surface area contributed by atoms with Gasteiger partial charge >= 0.3 is 0 Å². The summed E-state index contributed by atoms with van der Waals surface area (Å²) in [5.41, 5.74) is 6.29. The van der Waals surface area contributed by atoms with Gasteiger partial charge in [0.2, 0.25) is 5.95 Å². The molecule has 62 valence electrons. The molecule has 12 heavy (non-hydrogen) atoms. The fourth-order valence-corrected chi connectivity index (χ4v) is 1.29. The molecule has 0 bridgehead atoms. The zero-order valence-electron chi connectivity index (χ0n) is 8.90. The number of nitrogen functional groups attached to an aromatic ring is 1. The van der Waals surface area contributed by atoms with E-state index in [-0.39, 0.29) is 11.0 Å². The molecule has 0 spiro atoms. The first-order chi connectivity index (χ1) is 6.96. The van der Waals surface area contributed by atoms with E-state index in [0.717, 1.165) is 0 Å². The highest BCUT2D eigenvalue weighted by Crippen LogP contribution is 2.20. The lowest BCUT2D eigenvalue weighted by Crippen LogP contribution is -1.96. The number of nitrogens with two attached hydrogens (primary N) is 1. The Labute approximate surface area is 77.0 Å². The van der Waals surface area contributed by atoms with E-state index in [1.54, 1.807) is 0 Å². The summed E-state index contributed by atoms with van der Waals surface area (Å²) in [4.78, 5) is 14.4. The Morgan fingerprint density at radius 1 is 1.67 bits per heavy atom. The van der Waals surface area contributed by atoms with Crippen molar-refractivity contribution in [1.29, 1.82) is 0 Å². The Kier molecular flexibility index (Phi) is 1.02. The highest BCUT2D eigenvalue weighted by molar-refractivity contribution is 7.98. The van der Waals surface area contributed by atoms with Crippen LogP contribution in [-0.4, -0.2) is 26.1 Å². The Morgan fingerprint density at radius 3 is 3.42 bits per heavy atom. The number of hydrogen-bond donors (Lipinski definition) is 2. The minimum absolute atomic E-state index is 0.0151. The molecule has 0 unspecified atom stereocenters. The van der Waals surface area contributed by atoms with Crippen LogP contribution < -0.4 is 5.73 Å². The van der Waals surface area contributed by atoms with Gasteiger partial charge in [0.25, 0.3) is 0 Å². The van der Waals surface area contributed by atoms with Crippen LogP contribution in [0.1, 0.15) is 4.11 Å². The van der Waals surface area contributed by atoms with Crippen LogP contribution in [0.2, 0.25) is 0 Å². The SMILES string of the molecule is [2H][13C]([2H])([2H])Sc1nc(N)nc2nc[nH]c12. The third-order valence-corrected chi connectivity index (χ3v) is 1.86. The molecular weight excluding hydrogens is 175 g/mol. The Balaban J connectivity index is 2.53. The van der Waals surface area contributed by atoms with Gasteiger partial charge in [0, 0.05) is 4.11 Å². The fraction of sp³-hybridized carbons (Fsp3) is 0.167. The van der Waals surface area contributed by atoms with Crippen molar-refractivity contribution in [3.8, 4) is 0 Å². The molecule has 2 aromatic heterocycles. The van der Waals surface area contributed by atoms with Crippen molar-refractivity contribution in [2.24, 2.45) is 0 Å². The summed E-state index contributed by atoms with van der Waals surface area (Å²) in [6, 6.07) is 0. The predicted octanol–water partition coefficient (Wildman–Crippen LogP) is 0.657. The Bertz CT molecular complexity index is 493. The second kappa shape index (κ2) is 2.63. The van der Waals surface area contributed by atoms with Crippen LogP contribution in [0.4, 0.5) is 5.95 Å². The van der Waals surface area contributed by atoms with E-state index >= 15 is 0 Å². The molecule has 0 atom stereocenters. The molecule has 0 aromatic carbocycles. The second-order valence-corrected chi connectivity index (χ2v) is 2.68. The number of imidazole rings is 1. The summed E-state index contributed by atoms with van der Waals surface area (Å²) >= 11 is 0.647. The average Bonchev–Trinajstić information content (AvgIpc) is 2.48. The summed E-state index contributed by atoms with van der Waals surface area (Å²) in [5.74, 6) is 0.0151. The molecule has 0 aliphatic rings. The first kappa shape index (κ1) is 4.66. The number of H-pyrrole nitrogens is 1. The molecule has 0 aliphatic heterocycles. The van der Waals surface area contributed by atoms with Crippen molar-refractivity contribution in [1.82, 2.24) is 19.9 Å². The van der Waals surface area contributed by atoms with E-state index in [4.69, 9.17) is 9.85 Å². The summed E-state index contributed by atoms with van der Waals surface area (Å²) in [6.07, 6.45) is -0.749. The van der Waals surface area contributed by atoms with Gasteiger partial charge in [-0.15, -0.1) is 11.8 Å². The molecule has 0 amide bonds. The Hall–Kier alpha value is -1.30. The number of nitrogens with one attached hydrogen (secondary N) is 1. The zero-order valence-corrected chi connectivity index (χ0v) is 6.72. The molecule has 2 aromatic rings. The summed E-state index contributed by atoms with van der Waals surface area (Å²) in [7, 11) is 0. The van der Waals surface area contributed by atoms with Gasteiger partial charge < -0.3 is 10.7 Å². The van der Waals surface area contributed by atoms with Gasteiger partial charge in [0.15, 0.2) is 5.65 Å². The van der Waals surface area contributed by atoms with E-state index < -0.39 is 6.18 Å². The van der Waals surface area contributed by atoms with E-state index in [2.05, 4.69) is 19.9 Å². The minimum atomic E-state index is -2.17. The molecule has 0 saturated heterocycles. The normalized spacial score (nSPS) is 15.5. The molecule has 0 fully saturated rings. The smallest absolute Gasteiger partial charge is 0.223 e. The maximum atomic E-state index is 7.13. The molecule has 0 aliphatic carbocycles. The lowest BCUT2D eigenvalue weighted by atomic mass is 10.5. The third kappa shape index (κ3) is 1.00. The van der Waals surface area contributed by atoms with Crippen LogP contribution >= 0.6 is 11.8 Å². The number of anilines is 1. The van der Waals surface area contributed by atoms with Gasteiger partial charge in [-0.05, 0) is 6.18 Å². The van der Waals surface area contributed by atoms with Crippen LogP contribution in [0.15, 0.2) is 11.4 Å². The van der Waals surface area contributed by atoms with Crippen LogP contribution in [-0.2, 0) is 0 Å². The number of fused-ring (bicyclic) bond motifs is 1. The average molecular weight is 185 g/mol. The third-order valence-electron chi connectivity index (χ3n) is 1.37. The molecule has 5 nitrogen and oxygen atoms in total. The van der Waals surface area contributed by atoms with Gasteiger partial charge in [-0.2, -0.15) is 4.98 Å². The van der Waals surface area contributed by atoms with Crippen LogP contribution in [0, 0.1) is 0 Å². The summed E-state index contributed by atoms with van der Waals surface area (Å²) in [6.45, 7) is 0. The van der Waals surface area contributed by atoms with Crippen molar-refractivity contribution in [2.45, 2.75) is 5.03 Å². The van der Waals surface area contributed by atoms with Gasteiger partial charge in [-0.3, -0.25) is 0 Å². The van der Waals surface area contributed by atoms with Crippen molar-refractivity contribution in [3.63, 3.8) is 0 Å².